The van der Waals surface area contributed by atoms with Crippen LogP contribution in [0.3, 0.4) is 0 Å². The van der Waals surface area contributed by atoms with Gasteiger partial charge in [0.25, 0.3) is 0 Å². The summed E-state index contributed by atoms with van der Waals surface area (Å²) in [5.74, 6) is 0.922. The van der Waals surface area contributed by atoms with E-state index >= 15 is 0 Å². The van der Waals surface area contributed by atoms with E-state index in [2.05, 4.69) is 0 Å². The minimum absolute atomic E-state index is 0.0370. The Morgan fingerprint density at radius 3 is 2.94 bits per heavy atom. The van der Waals surface area contributed by atoms with Crippen LogP contribution >= 0.6 is 0 Å². The zero-order valence-corrected chi connectivity index (χ0v) is 9.72. The van der Waals surface area contributed by atoms with Gasteiger partial charge < -0.3 is 14.6 Å². The molecule has 0 fully saturated rings. The van der Waals surface area contributed by atoms with E-state index in [1.165, 1.54) is 0 Å². The summed E-state index contributed by atoms with van der Waals surface area (Å²) in [6, 6.07) is 7.85. The molecule has 1 aromatic carbocycles. The molecule has 0 saturated carbocycles. The lowest BCUT2D eigenvalue weighted by atomic mass is 9.96. The van der Waals surface area contributed by atoms with E-state index in [9.17, 15) is 5.11 Å². The number of hydrogen-bond acceptors (Lipinski definition) is 3. The third kappa shape index (κ3) is 2.36. The smallest absolute Gasteiger partial charge is 0.123 e. The summed E-state index contributed by atoms with van der Waals surface area (Å²) in [5.41, 5.74) is 1.09. The molecule has 2 rings (SSSR count). The van der Waals surface area contributed by atoms with Gasteiger partial charge in [0.1, 0.15) is 5.75 Å². The summed E-state index contributed by atoms with van der Waals surface area (Å²) >= 11 is 0. The van der Waals surface area contributed by atoms with Gasteiger partial charge in [0.05, 0.1) is 25.4 Å². The van der Waals surface area contributed by atoms with Crippen LogP contribution in [-0.4, -0.2) is 30.5 Å². The minimum Gasteiger partial charge on any atom is -0.493 e. The first kappa shape index (κ1) is 11.4. The second-order valence-corrected chi connectivity index (χ2v) is 4.40. The fourth-order valence-corrected chi connectivity index (χ4v) is 1.91. The van der Waals surface area contributed by atoms with Crippen LogP contribution in [0.5, 0.6) is 5.75 Å². The standard InChI is InChI=1S/C13H18O3/c1-9(2)15-8-12(14)11-7-16-13-6-4-3-5-10(11)13/h3-6,9,11-12,14H,7-8H2,1-2H3. The van der Waals surface area contributed by atoms with Crippen molar-refractivity contribution in [1.82, 2.24) is 0 Å². The van der Waals surface area contributed by atoms with E-state index in [0.717, 1.165) is 11.3 Å². The van der Waals surface area contributed by atoms with E-state index in [4.69, 9.17) is 9.47 Å². The van der Waals surface area contributed by atoms with Gasteiger partial charge in [-0.15, -0.1) is 0 Å². The van der Waals surface area contributed by atoms with Crippen molar-refractivity contribution < 1.29 is 14.6 Å². The molecule has 3 nitrogen and oxygen atoms in total. The van der Waals surface area contributed by atoms with Gasteiger partial charge in [-0.2, -0.15) is 0 Å². The zero-order valence-electron chi connectivity index (χ0n) is 9.72. The molecule has 1 aliphatic rings. The van der Waals surface area contributed by atoms with Crippen LogP contribution in [0.1, 0.15) is 25.3 Å². The normalized spacial score (nSPS) is 20.6. The van der Waals surface area contributed by atoms with Crippen molar-refractivity contribution >= 4 is 0 Å². The van der Waals surface area contributed by atoms with E-state index in [-0.39, 0.29) is 12.0 Å². The first-order valence-electron chi connectivity index (χ1n) is 5.70. The molecule has 1 aliphatic heterocycles. The largest absolute Gasteiger partial charge is 0.493 e. The number of rotatable bonds is 4. The number of fused-ring (bicyclic) bond motifs is 1. The maximum absolute atomic E-state index is 10.0. The second kappa shape index (κ2) is 4.85. The third-order valence-corrected chi connectivity index (χ3v) is 2.80. The Labute approximate surface area is 96.0 Å². The Balaban J connectivity index is 2.01. The maximum Gasteiger partial charge on any atom is 0.123 e. The summed E-state index contributed by atoms with van der Waals surface area (Å²) in [6.45, 7) is 4.83. The van der Waals surface area contributed by atoms with Crippen molar-refractivity contribution in [3.63, 3.8) is 0 Å². The van der Waals surface area contributed by atoms with Crippen molar-refractivity contribution in [2.24, 2.45) is 0 Å². The van der Waals surface area contributed by atoms with Gasteiger partial charge in [-0.3, -0.25) is 0 Å². The van der Waals surface area contributed by atoms with E-state index in [1.807, 2.05) is 38.1 Å². The van der Waals surface area contributed by atoms with Gasteiger partial charge in [0.15, 0.2) is 0 Å². The molecule has 3 heteroatoms. The Kier molecular flexibility index (Phi) is 3.46. The van der Waals surface area contributed by atoms with Gasteiger partial charge in [-0.25, -0.2) is 0 Å². The Hall–Kier alpha value is -1.06. The molecule has 0 aromatic heterocycles. The van der Waals surface area contributed by atoms with Gasteiger partial charge in [-0.1, -0.05) is 18.2 Å². The summed E-state index contributed by atoms with van der Waals surface area (Å²) in [7, 11) is 0. The molecule has 88 valence electrons. The van der Waals surface area contributed by atoms with Gasteiger partial charge in [0.2, 0.25) is 0 Å². The highest BCUT2D eigenvalue weighted by molar-refractivity contribution is 5.40. The lowest BCUT2D eigenvalue weighted by Gasteiger charge is -2.18. The van der Waals surface area contributed by atoms with E-state index < -0.39 is 6.10 Å². The lowest BCUT2D eigenvalue weighted by Crippen LogP contribution is -2.26. The van der Waals surface area contributed by atoms with Crippen LogP contribution in [0.2, 0.25) is 0 Å². The predicted molar refractivity (Wildman–Crippen MR) is 61.8 cm³/mol. The fourth-order valence-electron chi connectivity index (χ4n) is 1.91. The molecule has 0 bridgehead atoms. The van der Waals surface area contributed by atoms with Crippen molar-refractivity contribution in [2.45, 2.75) is 32.0 Å². The fraction of sp³-hybridized carbons (Fsp3) is 0.538. The van der Waals surface area contributed by atoms with Crippen molar-refractivity contribution in [1.29, 1.82) is 0 Å². The molecule has 1 aromatic rings. The van der Waals surface area contributed by atoms with Gasteiger partial charge in [-0.05, 0) is 19.9 Å². The molecule has 0 radical (unpaired) electrons. The van der Waals surface area contributed by atoms with Crippen molar-refractivity contribution in [3.05, 3.63) is 29.8 Å². The summed E-state index contributed by atoms with van der Waals surface area (Å²) in [4.78, 5) is 0. The summed E-state index contributed by atoms with van der Waals surface area (Å²) < 4.78 is 10.9. The molecular weight excluding hydrogens is 204 g/mol. The van der Waals surface area contributed by atoms with Crippen LogP contribution in [0.15, 0.2) is 24.3 Å². The lowest BCUT2D eigenvalue weighted by molar-refractivity contribution is -0.00774. The van der Waals surface area contributed by atoms with E-state index in [0.29, 0.717) is 13.2 Å². The average molecular weight is 222 g/mol. The summed E-state index contributed by atoms with van der Waals surface area (Å²) in [5, 5.41) is 10.0. The molecule has 2 unspecified atom stereocenters. The highest BCUT2D eigenvalue weighted by atomic mass is 16.5. The number of hydrogen-bond donors (Lipinski definition) is 1. The number of aliphatic hydroxyl groups excluding tert-OH is 1. The third-order valence-electron chi connectivity index (χ3n) is 2.80. The molecule has 0 aliphatic carbocycles. The number of ether oxygens (including phenoxy) is 2. The first-order valence-corrected chi connectivity index (χ1v) is 5.70. The van der Waals surface area contributed by atoms with Crippen LogP contribution in [-0.2, 0) is 4.74 Å². The van der Waals surface area contributed by atoms with Gasteiger partial charge in [0, 0.05) is 11.5 Å². The van der Waals surface area contributed by atoms with Crippen LogP contribution in [0.25, 0.3) is 0 Å². The van der Waals surface area contributed by atoms with Crippen LogP contribution in [0.4, 0.5) is 0 Å². The van der Waals surface area contributed by atoms with Crippen LogP contribution < -0.4 is 4.74 Å². The quantitative estimate of drug-likeness (QED) is 0.846. The average Bonchev–Trinajstić information content (AvgIpc) is 2.69. The molecule has 2 atom stereocenters. The highest BCUT2D eigenvalue weighted by Crippen LogP contribution is 2.35. The highest BCUT2D eigenvalue weighted by Gasteiger charge is 2.30. The first-order chi connectivity index (χ1) is 7.68. The SMILES string of the molecule is CC(C)OCC(O)C1COc2ccccc21. The Morgan fingerprint density at radius 2 is 2.19 bits per heavy atom. The molecule has 1 heterocycles. The number of benzene rings is 1. The molecule has 0 amide bonds. The zero-order chi connectivity index (χ0) is 11.5. The minimum atomic E-state index is -0.494. The number of aliphatic hydroxyl groups is 1. The maximum atomic E-state index is 10.0. The van der Waals surface area contributed by atoms with Gasteiger partial charge >= 0.3 is 0 Å². The Bertz CT molecular complexity index is 349. The Morgan fingerprint density at radius 1 is 1.44 bits per heavy atom. The topological polar surface area (TPSA) is 38.7 Å². The molecular formula is C13H18O3. The summed E-state index contributed by atoms with van der Waals surface area (Å²) in [6.07, 6.45) is -0.349. The monoisotopic (exact) mass is 222 g/mol. The van der Waals surface area contributed by atoms with Crippen molar-refractivity contribution in [2.75, 3.05) is 13.2 Å². The molecule has 16 heavy (non-hydrogen) atoms. The molecule has 1 N–H and O–H groups in total. The second-order valence-electron chi connectivity index (χ2n) is 4.40. The number of para-hydroxylation sites is 1. The molecule has 0 saturated heterocycles. The predicted octanol–water partition coefficient (Wildman–Crippen LogP) is 1.95. The van der Waals surface area contributed by atoms with Crippen LogP contribution in [0, 0.1) is 0 Å². The van der Waals surface area contributed by atoms with Crippen molar-refractivity contribution in [3.8, 4) is 5.75 Å². The molecule has 0 spiro atoms. The van der Waals surface area contributed by atoms with E-state index in [1.54, 1.807) is 0 Å².